The van der Waals surface area contributed by atoms with Crippen molar-refractivity contribution in [3.8, 4) is 0 Å². The van der Waals surface area contributed by atoms with E-state index in [0.29, 0.717) is 11.1 Å². The summed E-state index contributed by atoms with van der Waals surface area (Å²) < 4.78 is 0. The van der Waals surface area contributed by atoms with Gasteiger partial charge in [0.2, 0.25) is 0 Å². The Kier molecular flexibility index (Phi) is 5.77. The van der Waals surface area contributed by atoms with Crippen LogP contribution in [0.4, 0.5) is 0 Å². The van der Waals surface area contributed by atoms with E-state index < -0.39 is 0 Å². The van der Waals surface area contributed by atoms with Gasteiger partial charge in [-0.05, 0) is 45.2 Å². The molecule has 0 heterocycles. The van der Waals surface area contributed by atoms with E-state index in [1.165, 1.54) is 10.8 Å². The molecule has 0 aliphatic heterocycles. The van der Waals surface area contributed by atoms with Gasteiger partial charge < -0.3 is 0 Å². The molecule has 0 aromatic heterocycles. The van der Waals surface area contributed by atoms with E-state index in [0.717, 1.165) is 34.8 Å². The SMILES string of the molecule is O=Cc1ccc(/C=C\c2cc3ccccc3cc2/C=C\c2ccc(C=O)cc2)cc1. The molecule has 0 saturated heterocycles. The van der Waals surface area contributed by atoms with Crippen molar-refractivity contribution in [2.75, 3.05) is 0 Å². The van der Waals surface area contributed by atoms with E-state index in [2.05, 4.69) is 48.6 Å². The summed E-state index contributed by atoms with van der Waals surface area (Å²) in [6, 6.07) is 27.7. The Morgan fingerprint density at radius 1 is 0.433 bits per heavy atom. The monoisotopic (exact) mass is 388 g/mol. The Morgan fingerprint density at radius 3 is 1.17 bits per heavy atom. The first kappa shape index (κ1) is 19.3. The lowest BCUT2D eigenvalue weighted by atomic mass is 9.98. The maximum Gasteiger partial charge on any atom is 0.150 e. The maximum atomic E-state index is 10.8. The molecule has 144 valence electrons. The average Bonchev–Trinajstić information content (AvgIpc) is 2.81. The van der Waals surface area contributed by atoms with Crippen LogP contribution in [-0.2, 0) is 0 Å². The zero-order valence-corrected chi connectivity index (χ0v) is 16.4. The van der Waals surface area contributed by atoms with Crippen LogP contribution < -0.4 is 0 Å². The summed E-state index contributed by atoms with van der Waals surface area (Å²) in [6.45, 7) is 0. The van der Waals surface area contributed by atoms with Crippen LogP contribution in [0.15, 0.2) is 84.9 Å². The van der Waals surface area contributed by atoms with E-state index in [4.69, 9.17) is 0 Å². The number of rotatable bonds is 6. The first-order chi connectivity index (χ1) is 14.7. The molecule has 2 heteroatoms. The van der Waals surface area contributed by atoms with Crippen LogP contribution in [0.1, 0.15) is 43.0 Å². The van der Waals surface area contributed by atoms with Crippen molar-refractivity contribution in [2.45, 2.75) is 0 Å². The van der Waals surface area contributed by atoms with Crippen molar-refractivity contribution < 1.29 is 9.59 Å². The highest BCUT2D eigenvalue weighted by Crippen LogP contribution is 2.24. The molecule has 0 fully saturated rings. The number of hydrogen-bond donors (Lipinski definition) is 0. The predicted octanol–water partition coefficient (Wildman–Crippen LogP) is 6.81. The van der Waals surface area contributed by atoms with E-state index in [1.807, 2.05) is 60.7 Å². The minimum atomic E-state index is 0.669. The molecule has 0 N–H and O–H groups in total. The number of carbonyl (C=O) groups excluding carboxylic acids is 2. The second kappa shape index (κ2) is 8.97. The largest absolute Gasteiger partial charge is 0.298 e. The Morgan fingerprint density at radius 2 is 0.800 bits per heavy atom. The van der Waals surface area contributed by atoms with Gasteiger partial charge in [0.1, 0.15) is 12.6 Å². The number of benzene rings is 4. The van der Waals surface area contributed by atoms with Gasteiger partial charge in [0.05, 0.1) is 0 Å². The van der Waals surface area contributed by atoms with E-state index in [1.54, 1.807) is 0 Å². The first-order valence-corrected chi connectivity index (χ1v) is 9.74. The molecule has 0 spiro atoms. The fraction of sp³-hybridized carbons (Fsp3) is 0. The highest BCUT2D eigenvalue weighted by molar-refractivity contribution is 5.91. The molecule has 2 nitrogen and oxygen atoms in total. The third kappa shape index (κ3) is 4.50. The molecule has 0 radical (unpaired) electrons. The van der Waals surface area contributed by atoms with Gasteiger partial charge in [0.25, 0.3) is 0 Å². The van der Waals surface area contributed by atoms with Gasteiger partial charge in [-0.25, -0.2) is 0 Å². The molecular weight excluding hydrogens is 368 g/mol. The summed E-state index contributed by atoms with van der Waals surface area (Å²) in [6.07, 6.45) is 9.99. The maximum absolute atomic E-state index is 10.8. The standard InChI is InChI=1S/C28H20O2/c29-19-23-9-5-21(6-10-23)13-15-27-17-25-3-1-2-4-26(25)18-28(27)16-14-22-7-11-24(20-30)12-8-22/h1-20H/b15-13-,16-14-. The van der Waals surface area contributed by atoms with Gasteiger partial charge in [-0.3, -0.25) is 9.59 Å². The van der Waals surface area contributed by atoms with Gasteiger partial charge in [-0.1, -0.05) is 97.1 Å². The lowest BCUT2D eigenvalue weighted by molar-refractivity contribution is 0.111. The normalized spacial score (nSPS) is 11.3. The zero-order chi connectivity index (χ0) is 20.8. The van der Waals surface area contributed by atoms with Crippen molar-refractivity contribution in [1.82, 2.24) is 0 Å². The third-order valence-corrected chi connectivity index (χ3v) is 5.01. The van der Waals surface area contributed by atoms with Crippen molar-refractivity contribution in [3.63, 3.8) is 0 Å². The molecule has 4 aromatic rings. The number of fused-ring (bicyclic) bond motifs is 1. The quantitative estimate of drug-likeness (QED) is 0.269. The number of carbonyl (C=O) groups is 2. The molecule has 4 rings (SSSR count). The number of aldehydes is 2. The van der Waals surface area contributed by atoms with Crippen LogP contribution in [0.2, 0.25) is 0 Å². The predicted molar refractivity (Wildman–Crippen MR) is 125 cm³/mol. The molecular formula is C28H20O2. The Balaban J connectivity index is 1.70. The van der Waals surface area contributed by atoms with E-state index >= 15 is 0 Å². The summed E-state index contributed by atoms with van der Waals surface area (Å²) in [5.74, 6) is 0. The highest BCUT2D eigenvalue weighted by atomic mass is 16.1. The first-order valence-electron chi connectivity index (χ1n) is 9.74. The summed E-state index contributed by atoms with van der Waals surface area (Å²) >= 11 is 0. The van der Waals surface area contributed by atoms with Crippen LogP contribution >= 0.6 is 0 Å². The molecule has 0 saturated carbocycles. The topological polar surface area (TPSA) is 34.1 Å². The van der Waals surface area contributed by atoms with Crippen LogP contribution in [0, 0.1) is 0 Å². The van der Waals surface area contributed by atoms with E-state index in [9.17, 15) is 9.59 Å². The molecule has 0 unspecified atom stereocenters. The Hall–Kier alpha value is -4.04. The summed E-state index contributed by atoms with van der Waals surface area (Å²) in [4.78, 5) is 21.7. The van der Waals surface area contributed by atoms with Gasteiger partial charge in [-0.2, -0.15) is 0 Å². The van der Waals surface area contributed by atoms with Gasteiger partial charge >= 0.3 is 0 Å². The second-order valence-electron chi connectivity index (χ2n) is 7.06. The molecule has 0 bridgehead atoms. The fourth-order valence-corrected chi connectivity index (χ4v) is 3.31. The minimum absolute atomic E-state index is 0.669. The van der Waals surface area contributed by atoms with Gasteiger partial charge in [0, 0.05) is 11.1 Å². The fourth-order valence-electron chi connectivity index (χ4n) is 3.31. The smallest absolute Gasteiger partial charge is 0.150 e. The van der Waals surface area contributed by atoms with Crippen molar-refractivity contribution in [3.05, 3.63) is 118 Å². The van der Waals surface area contributed by atoms with Crippen LogP contribution in [0.5, 0.6) is 0 Å². The highest BCUT2D eigenvalue weighted by Gasteiger charge is 2.01. The molecule has 0 aliphatic carbocycles. The average molecular weight is 388 g/mol. The lowest BCUT2D eigenvalue weighted by Crippen LogP contribution is -1.84. The molecule has 0 atom stereocenters. The van der Waals surface area contributed by atoms with Crippen LogP contribution in [0.25, 0.3) is 35.1 Å². The summed E-state index contributed by atoms with van der Waals surface area (Å²) in [5, 5.41) is 2.36. The van der Waals surface area contributed by atoms with Gasteiger partial charge in [0.15, 0.2) is 0 Å². The molecule has 0 aliphatic rings. The van der Waals surface area contributed by atoms with Crippen LogP contribution in [-0.4, -0.2) is 12.6 Å². The third-order valence-electron chi connectivity index (χ3n) is 5.01. The molecule has 4 aromatic carbocycles. The summed E-state index contributed by atoms with van der Waals surface area (Å²) in [7, 11) is 0. The van der Waals surface area contributed by atoms with Gasteiger partial charge in [-0.15, -0.1) is 0 Å². The Labute approximate surface area is 175 Å². The molecule has 0 amide bonds. The van der Waals surface area contributed by atoms with Crippen molar-refractivity contribution in [2.24, 2.45) is 0 Å². The number of hydrogen-bond acceptors (Lipinski definition) is 2. The van der Waals surface area contributed by atoms with Crippen LogP contribution in [0.3, 0.4) is 0 Å². The zero-order valence-electron chi connectivity index (χ0n) is 16.4. The Bertz CT molecular complexity index is 1140. The second-order valence-corrected chi connectivity index (χ2v) is 7.06. The lowest BCUT2D eigenvalue weighted by Gasteiger charge is -2.06. The van der Waals surface area contributed by atoms with E-state index in [-0.39, 0.29) is 0 Å². The minimum Gasteiger partial charge on any atom is -0.298 e. The van der Waals surface area contributed by atoms with Crippen molar-refractivity contribution >= 4 is 47.6 Å². The molecule has 30 heavy (non-hydrogen) atoms. The van der Waals surface area contributed by atoms with Crippen molar-refractivity contribution in [1.29, 1.82) is 0 Å². The summed E-state index contributed by atoms with van der Waals surface area (Å²) in [5.41, 5.74) is 5.62.